The Hall–Kier alpha value is -1.62. The van der Waals surface area contributed by atoms with Crippen LogP contribution in [0.4, 0.5) is 0 Å². The van der Waals surface area contributed by atoms with Gasteiger partial charge in [-0.3, -0.25) is 14.5 Å². The van der Waals surface area contributed by atoms with Gasteiger partial charge in [-0.05, 0) is 12.1 Å². The second-order valence-electron chi connectivity index (χ2n) is 8.37. The van der Waals surface area contributed by atoms with Crippen molar-refractivity contribution >= 4 is 19.9 Å². The molecule has 0 aromatic heterocycles. The highest BCUT2D eigenvalue weighted by atomic mass is 28.3. The van der Waals surface area contributed by atoms with Crippen LogP contribution in [0, 0.1) is 0 Å². The van der Waals surface area contributed by atoms with Crippen LogP contribution in [-0.4, -0.2) is 97.0 Å². The van der Waals surface area contributed by atoms with E-state index in [0.29, 0.717) is 64.0 Å². The number of hydrogen-bond acceptors (Lipinski definition) is 7. The Balaban J connectivity index is 1.35. The lowest BCUT2D eigenvalue weighted by molar-refractivity contribution is -0.00972. The summed E-state index contributed by atoms with van der Waals surface area (Å²) in [5.41, 5.74) is 0.910. The molecule has 1 aromatic rings. The van der Waals surface area contributed by atoms with E-state index in [9.17, 15) is 9.59 Å². The van der Waals surface area contributed by atoms with E-state index < -0.39 is 8.07 Å². The maximum absolute atomic E-state index is 12.2. The summed E-state index contributed by atoms with van der Waals surface area (Å²) in [6, 6.07) is 6.84. The first kappa shape index (κ1) is 25.6. The minimum absolute atomic E-state index is 0.235. The van der Waals surface area contributed by atoms with E-state index >= 15 is 0 Å². The van der Waals surface area contributed by atoms with Crippen LogP contribution in [-0.2, 0) is 23.7 Å². The number of hydrogen-bond donors (Lipinski definition) is 0. The molecule has 2 amide bonds. The molecule has 0 fully saturated rings. The normalized spacial score (nSPS) is 13.8. The SMILES string of the molecule is C[Si](C)(C)COCCOCCOCCOCCOCCN1C(=O)c2ccccc2C1=O. The molecular formula is C22H35NO7Si. The van der Waals surface area contributed by atoms with Gasteiger partial charge < -0.3 is 23.7 Å². The quantitative estimate of drug-likeness (QED) is 0.203. The lowest BCUT2D eigenvalue weighted by Gasteiger charge is -2.15. The third-order valence-electron chi connectivity index (χ3n) is 4.36. The summed E-state index contributed by atoms with van der Waals surface area (Å²) >= 11 is 0. The zero-order valence-corrected chi connectivity index (χ0v) is 19.9. The molecule has 1 aliphatic rings. The lowest BCUT2D eigenvalue weighted by atomic mass is 10.1. The van der Waals surface area contributed by atoms with E-state index in [0.717, 1.165) is 6.23 Å². The van der Waals surface area contributed by atoms with Gasteiger partial charge in [0.15, 0.2) is 0 Å². The summed E-state index contributed by atoms with van der Waals surface area (Å²) in [5, 5.41) is 0. The van der Waals surface area contributed by atoms with E-state index in [1.165, 1.54) is 4.90 Å². The molecule has 31 heavy (non-hydrogen) atoms. The fraction of sp³-hybridized carbons (Fsp3) is 0.636. The summed E-state index contributed by atoms with van der Waals surface area (Å²) in [4.78, 5) is 25.7. The summed E-state index contributed by atoms with van der Waals surface area (Å²) < 4.78 is 27.4. The third-order valence-corrected chi connectivity index (χ3v) is 5.43. The van der Waals surface area contributed by atoms with Gasteiger partial charge in [-0.1, -0.05) is 31.8 Å². The van der Waals surface area contributed by atoms with Gasteiger partial charge in [-0.15, -0.1) is 0 Å². The van der Waals surface area contributed by atoms with Gasteiger partial charge in [-0.2, -0.15) is 0 Å². The number of carbonyl (C=O) groups is 2. The molecule has 0 aliphatic carbocycles. The average molecular weight is 454 g/mol. The van der Waals surface area contributed by atoms with E-state index in [1.54, 1.807) is 24.3 Å². The van der Waals surface area contributed by atoms with Crippen LogP contribution in [0.25, 0.3) is 0 Å². The van der Waals surface area contributed by atoms with Gasteiger partial charge in [0.25, 0.3) is 11.8 Å². The lowest BCUT2D eigenvalue weighted by Crippen LogP contribution is -2.33. The zero-order chi connectivity index (χ0) is 22.5. The highest BCUT2D eigenvalue weighted by molar-refractivity contribution is 6.76. The molecule has 1 aliphatic heterocycles. The van der Waals surface area contributed by atoms with E-state index in [4.69, 9.17) is 23.7 Å². The van der Waals surface area contributed by atoms with Gasteiger partial charge in [0, 0.05) is 6.23 Å². The molecule has 0 N–H and O–H groups in total. The number of ether oxygens (including phenoxy) is 5. The second-order valence-corrected chi connectivity index (χ2v) is 13.8. The van der Waals surface area contributed by atoms with Crippen LogP contribution in [0.5, 0.6) is 0 Å². The first-order valence-electron chi connectivity index (χ1n) is 10.7. The molecule has 0 radical (unpaired) electrons. The Morgan fingerprint density at radius 3 is 1.45 bits per heavy atom. The number of carbonyl (C=O) groups excluding carboxylic acids is 2. The Morgan fingerprint density at radius 1 is 0.645 bits per heavy atom. The molecule has 9 heteroatoms. The molecule has 0 spiro atoms. The predicted molar refractivity (Wildman–Crippen MR) is 119 cm³/mol. The van der Waals surface area contributed by atoms with Crippen molar-refractivity contribution in [1.82, 2.24) is 4.90 Å². The fourth-order valence-electron chi connectivity index (χ4n) is 2.86. The fourth-order valence-corrected chi connectivity index (χ4v) is 3.61. The van der Waals surface area contributed by atoms with Crippen molar-refractivity contribution in [2.24, 2.45) is 0 Å². The van der Waals surface area contributed by atoms with Crippen molar-refractivity contribution in [2.75, 3.05) is 72.2 Å². The second kappa shape index (κ2) is 13.7. The average Bonchev–Trinajstić information content (AvgIpc) is 2.97. The predicted octanol–water partition coefficient (Wildman–Crippen LogP) is 2.24. The molecule has 174 valence electrons. The Morgan fingerprint density at radius 2 is 1.03 bits per heavy atom. The first-order valence-corrected chi connectivity index (χ1v) is 14.4. The van der Waals surface area contributed by atoms with Crippen LogP contribution in [0.1, 0.15) is 20.7 Å². The third kappa shape index (κ3) is 9.59. The molecule has 0 unspecified atom stereocenters. The molecule has 0 atom stereocenters. The van der Waals surface area contributed by atoms with Crippen LogP contribution in [0.3, 0.4) is 0 Å². The monoisotopic (exact) mass is 453 g/mol. The Labute approximate surface area is 185 Å². The number of fused-ring (bicyclic) bond motifs is 1. The van der Waals surface area contributed by atoms with E-state index in [2.05, 4.69) is 19.6 Å². The molecule has 1 heterocycles. The van der Waals surface area contributed by atoms with Crippen molar-refractivity contribution < 1.29 is 33.3 Å². The summed E-state index contributed by atoms with van der Waals surface area (Å²) in [6.07, 6.45) is 0.858. The van der Waals surface area contributed by atoms with Crippen molar-refractivity contribution in [1.29, 1.82) is 0 Å². The number of imide groups is 1. The van der Waals surface area contributed by atoms with Crippen molar-refractivity contribution in [3.63, 3.8) is 0 Å². The Kier molecular flexibility index (Phi) is 11.3. The van der Waals surface area contributed by atoms with Crippen molar-refractivity contribution in [3.8, 4) is 0 Å². The standard InChI is InChI=1S/C22H35NO7Si/c1-31(2,3)18-30-17-16-29-15-14-28-13-12-27-11-10-26-9-8-23-21(24)19-6-4-5-7-20(19)22(23)25/h4-7H,8-18H2,1-3H3. The van der Waals surface area contributed by atoms with Crippen LogP contribution in [0.2, 0.25) is 19.6 Å². The maximum Gasteiger partial charge on any atom is 0.261 e. The molecule has 2 rings (SSSR count). The molecule has 1 aromatic carbocycles. The topological polar surface area (TPSA) is 83.5 Å². The minimum Gasteiger partial charge on any atom is -0.382 e. The highest BCUT2D eigenvalue weighted by Crippen LogP contribution is 2.21. The van der Waals surface area contributed by atoms with Gasteiger partial charge in [0.1, 0.15) is 0 Å². The summed E-state index contributed by atoms with van der Waals surface area (Å²) in [5.74, 6) is -0.527. The molecule has 0 saturated heterocycles. The number of rotatable bonds is 17. The minimum atomic E-state index is -1.14. The highest BCUT2D eigenvalue weighted by Gasteiger charge is 2.34. The largest absolute Gasteiger partial charge is 0.382 e. The first-order chi connectivity index (χ1) is 14.9. The molecule has 8 nitrogen and oxygen atoms in total. The van der Waals surface area contributed by atoms with Gasteiger partial charge in [-0.25, -0.2) is 0 Å². The summed E-state index contributed by atoms with van der Waals surface area (Å²) in [6.45, 7) is 11.4. The van der Waals surface area contributed by atoms with Gasteiger partial charge in [0.2, 0.25) is 0 Å². The Bertz CT molecular complexity index is 658. The summed E-state index contributed by atoms with van der Waals surface area (Å²) in [7, 11) is -1.14. The van der Waals surface area contributed by atoms with Crippen LogP contribution < -0.4 is 0 Å². The molecular weight excluding hydrogens is 418 g/mol. The number of nitrogens with zero attached hydrogens (tertiary/aromatic N) is 1. The van der Waals surface area contributed by atoms with Crippen molar-refractivity contribution in [3.05, 3.63) is 35.4 Å². The van der Waals surface area contributed by atoms with Gasteiger partial charge >= 0.3 is 0 Å². The van der Waals surface area contributed by atoms with E-state index in [-0.39, 0.29) is 25.0 Å². The number of benzene rings is 1. The zero-order valence-electron chi connectivity index (χ0n) is 18.9. The van der Waals surface area contributed by atoms with Crippen LogP contribution in [0.15, 0.2) is 24.3 Å². The smallest absolute Gasteiger partial charge is 0.261 e. The van der Waals surface area contributed by atoms with Crippen LogP contribution >= 0.6 is 0 Å². The van der Waals surface area contributed by atoms with Crippen molar-refractivity contribution in [2.45, 2.75) is 19.6 Å². The maximum atomic E-state index is 12.2. The molecule has 0 saturated carbocycles. The van der Waals surface area contributed by atoms with Gasteiger partial charge in [0.05, 0.1) is 85.2 Å². The van der Waals surface area contributed by atoms with E-state index in [1.807, 2.05) is 0 Å². The molecule has 0 bridgehead atoms. The number of amides is 2.